The molecule has 0 aromatic carbocycles. The second-order valence-corrected chi connectivity index (χ2v) is 13.7. The molecule has 2 aliphatic heterocycles. The highest BCUT2D eigenvalue weighted by atomic mass is 16.6. The van der Waals surface area contributed by atoms with E-state index in [1.54, 1.807) is 32.1 Å². The molecular weight excluding hydrogens is 564 g/mol. The van der Waals surface area contributed by atoms with Crippen molar-refractivity contribution in [2.24, 2.45) is 41.4 Å². The minimum Gasteiger partial charge on any atom is -0.490 e. The maximum Gasteiger partial charge on any atom is 0.373 e. The number of carbonyl (C=O) groups excluding carboxylic acids is 1. The van der Waals surface area contributed by atoms with Crippen LogP contribution < -0.4 is 0 Å². The van der Waals surface area contributed by atoms with Crippen molar-refractivity contribution in [3.05, 3.63) is 47.3 Å². The minimum absolute atomic E-state index is 0.0219. The second-order valence-electron chi connectivity index (χ2n) is 13.7. The first-order valence-corrected chi connectivity index (χ1v) is 16.0. The highest BCUT2D eigenvalue weighted by molar-refractivity contribution is 5.87. The molecule has 44 heavy (non-hydrogen) atoms. The summed E-state index contributed by atoms with van der Waals surface area (Å²) in [4.78, 5) is 13.5. The smallest absolute Gasteiger partial charge is 0.373 e. The van der Waals surface area contributed by atoms with Crippen LogP contribution in [0.1, 0.15) is 75.2 Å². The first-order chi connectivity index (χ1) is 20.5. The van der Waals surface area contributed by atoms with Gasteiger partial charge in [0.2, 0.25) is 5.76 Å². The first kappa shape index (κ1) is 38.2. The number of ether oxygens (including phenoxy) is 3. The number of cyclic esters (lactones) is 1. The van der Waals surface area contributed by atoms with Gasteiger partial charge in [0.15, 0.2) is 5.79 Å². The van der Waals surface area contributed by atoms with Crippen LogP contribution in [0.4, 0.5) is 0 Å². The number of carbonyl (C=O) groups is 1. The summed E-state index contributed by atoms with van der Waals surface area (Å²) < 4.78 is 17.5. The van der Waals surface area contributed by atoms with Crippen LogP contribution in [0.25, 0.3) is 0 Å². The lowest BCUT2D eigenvalue weighted by atomic mass is 9.75. The molecule has 2 rings (SSSR count). The van der Waals surface area contributed by atoms with Gasteiger partial charge in [0, 0.05) is 36.0 Å². The van der Waals surface area contributed by atoms with E-state index in [4.69, 9.17) is 14.2 Å². The fourth-order valence-electron chi connectivity index (χ4n) is 6.64. The van der Waals surface area contributed by atoms with Crippen LogP contribution >= 0.6 is 0 Å². The average molecular weight is 623 g/mol. The molecule has 0 saturated carbocycles. The van der Waals surface area contributed by atoms with Crippen molar-refractivity contribution in [1.82, 2.24) is 0 Å². The Morgan fingerprint density at radius 2 is 1.73 bits per heavy atom. The minimum atomic E-state index is -1.82. The lowest BCUT2D eigenvalue weighted by Gasteiger charge is -2.49. The van der Waals surface area contributed by atoms with Gasteiger partial charge in [-0.15, -0.1) is 0 Å². The third-order valence-electron chi connectivity index (χ3n) is 9.59. The van der Waals surface area contributed by atoms with Gasteiger partial charge in [-0.3, -0.25) is 0 Å². The third-order valence-corrected chi connectivity index (χ3v) is 9.59. The molecule has 252 valence electrons. The van der Waals surface area contributed by atoms with E-state index >= 15 is 0 Å². The molecule has 12 atom stereocenters. The van der Waals surface area contributed by atoms with Crippen LogP contribution in [-0.2, 0) is 19.0 Å². The molecule has 5 N–H and O–H groups in total. The summed E-state index contributed by atoms with van der Waals surface area (Å²) in [5, 5.41) is 55.4. The Balaban J connectivity index is 2.52. The van der Waals surface area contributed by atoms with Crippen LogP contribution in [0.15, 0.2) is 47.3 Å². The molecule has 0 aromatic rings. The topological polar surface area (TPSA) is 146 Å². The molecule has 0 spiro atoms. The van der Waals surface area contributed by atoms with Crippen LogP contribution in [0.2, 0.25) is 0 Å². The predicted octanol–water partition coefficient (Wildman–Crippen LogP) is 4.29. The third kappa shape index (κ3) is 9.50. The van der Waals surface area contributed by atoms with E-state index in [1.807, 2.05) is 60.6 Å². The zero-order valence-corrected chi connectivity index (χ0v) is 28.3. The van der Waals surface area contributed by atoms with Crippen molar-refractivity contribution in [2.75, 3.05) is 13.7 Å². The van der Waals surface area contributed by atoms with Gasteiger partial charge in [-0.05, 0) is 38.2 Å². The van der Waals surface area contributed by atoms with Gasteiger partial charge in [0.25, 0.3) is 0 Å². The van der Waals surface area contributed by atoms with Gasteiger partial charge < -0.3 is 39.7 Å². The van der Waals surface area contributed by atoms with Crippen LogP contribution in [-0.4, -0.2) is 81.5 Å². The number of aliphatic hydroxyl groups is 5. The molecule has 2 heterocycles. The monoisotopic (exact) mass is 622 g/mol. The Morgan fingerprint density at radius 3 is 2.30 bits per heavy atom. The van der Waals surface area contributed by atoms with Gasteiger partial charge in [0.1, 0.15) is 6.10 Å². The highest BCUT2D eigenvalue weighted by Gasteiger charge is 2.51. The van der Waals surface area contributed by atoms with Gasteiger partial charge in [-0.25, -0.2) is 4.79 Å². The highest BCUT2D eigenvalue weighted by Crippen LogP contribution is 2.41. The van der Waals surface area contributed by atoms with E-state index in [9.17, 15) is 30.3 Å². The molecule has 0 bridgehead atoms. The van der Waals surface area contributed by atoms with E-state index < -0.39 is 60.0 Å². The van der Waals surface area contributed by atoms with Gasteiger partial charge in [0.05, 0.1) is 38.1 Å². The maximum atomic E-state index is 13.5. The summed E-state index contributed by atoms with van der Waals surface area (Å²) in [6, 6.07) is 0. The fraction of sp³-hybridized carbons (Fsp3) is 0.743. The average Bonchev–Trinajstić information content (AvgIpc) is 2.96. The number of aliphatic hydroxyl groups excluding tert-OH is 4. The van der Waals surface area contributed by atoms with E-state index in [2.05, 4.69) is 0 Å². The Kier molecular flexibility index (Phi) is 14.3. The summed E-state index contributed by atoms with van der Waals surface area (Å²) in [5.41, 5.74) is 1.74. The summed E-state index contributed by atoms with van der Waals surface area (Å²) in [6.07, 6.45) is 5.34. The Hall–Kier alpha value is -2.01. The molecule has 0 radical (unpaired) electrons. The molecule has 2 aliphatic rings. The molecule has 0 aliphatic carbocycles. The first-order valence-electron chi connectivity index (χ1n) is 16.0. The van der Waals surface area contributed by atoms with Crippen molar-refractivity contribution in [2.45, 2.75) is 111 Å². The molecule has 1 fully saturated rings. The number of allylic oxidation sites excluding steroid dienone is 5. The lowest BCUT2D eigenvalue weighted by molar-refractivity contribution is -0.328. The van der Waals surface area contributed by atoms with E-state index in [1.165, 1.54) is 7.11 Å². The van der Waals surface area contributed by atoms with E-state index in [0.717, 1.165) is 5.57 Å². The fourth-order valence-corrected chi connectivity index (χ4v) is 6.64. The number of rotatable bonds is 7. The van der Waals surface area contributed by atoms with Crippen LogP contribution in [0.3, 0.4) is 0 Å². The number of esters is 1. The summed E-state index contributed by atoms with van der Waals surface area (Å²) >= 11 is 0. The van der Waals surface area contributed by atoms with Crippen LogP contribution in [0.5, 0.6) is 0 Å². The SMILES string of the molecule is CO/C1=C\C(C)=C\[C@@H](C)[C@@H](O)[C@@H](C)C/C(C)=C/C=C/[C@H](CO)[C@@H]([C@@H](C)[C@@H](O)[C@H](C)[C@@]2(O)C[C@@H](O)[C@H](C)[C@@H](C(C)C)O2)OC1=O. The van der Waals surface area contributed by atoms with Crippen molar-refractivity contribution < 1.29 is 44.5 Å². The number of methoxy groups -OCH3 is 1. The molecule has 1 saturated heterocycles. The van der Waals surface area contributed by atoms with Crippen molar-refractivity contribution in [3.63, 3.8) is 0 Å². The van der Waals surface area contributed by atoms with Crippen molar-refractivity contribution in [1.29, 1.82) is 0 Å². The Labute approximate surface area is 264 Å². The normalized spacial score (nSPS) is 41.2. The van der Waals surface area contributed by atoms with Gasteiger partial charge in [-0.2, -0.15) is 0 Å². The second kappa shape index (κ2) is 16.5. The van der Waals surface area contributed by atoms with Crippen LogP contribution in [0, 0.1) is 41.4 Å². The van der Waals surface area contributed by atoms with Crippen molar-refractivity contribution >= 4 is 5.97 Å². The molecule has 9 heteroatoms. The van der Waals surface area contributed by atoms with E-state index in [0.29, 0.717) is 12.0 Å². The maximum absolute atomic E-state index is 13.5. The quantitative estimate of drug-likeness (QED) is 0.263. The number of hydrogen-bond donors (Lipinski definition) is 5. The molecule has 0 amide bonds. The number of hydrogen-bond acceptors (Lipinski definition) is 9. The zero-order valence-electron chi connectivity index (χ0n) is 28.3. The Morgan fingerprint density at radius 1 is 1.09 bits per heavy atom. The van der Waals surface area contributed by atoms with E-state index in [-0.39, 0.29) is 42.5 Å². The summed E-state index contributed by atoms with van der Waals surface area (Å²) in [5.74, 6) is -5.40. The van der Waals surface area contributed by atoms with Gasteiger partial charge >= 0.3 is 5.97 Å². The largest absolute Gasteiger partial charge is 0.490 e. The van der Waals surface area contributed by atoms with Crippen molar-refractivity contribution in [3.8, 4) is 0 Å². The standard InChI is InChI=1S/C35H58O9/c1-19(2)32-24(7)28(37)17-35(41,44-32)26(9)31(39)25(8)33-27(18-36)13-11-12-20(3)14-22(5)30(38)23(6)15-21(4)16-29(42-10)34(40)43-33/h11-13,15-16,19,22-28,30-33,36-39,41H,14,17-18H2,1-10H3/b13-11+,20-12+,21-15+,29-16-/t22-,23+,24-,25-,26-,27+,28+,30-,31+,32+,33+,35+/m0/s1. The molecule has 9 nitrogen and oxygen atoms in total. The lowest BCUT2D eigenvalue weighted by Crippen LogP contribution is -2.59. The molecule has 0 unspecified atom stereocenters. The zero-order chi connectivity index (χ0) is 33.5. The molecule has 0 aromatic heterocycles. The molecular formula is C35H58O9. The summed E-state index contributed by atoms with van der Waals surface area (Å²) in [7, 11) is 1.36. The predicted molar refractivity (Wildman–Crippen MR) is 170 cm³/mol. The Bertz CT molecular complexity index is 1060. The summed E-state index contributed by atoms with van der Waals surface area (Å²) in [6.45, 7) is 16.5. The van der Waals surface area contributed by atoms with Gasteiger partial charge in [-0.1, -0.05) is 83.9 Å².